The van der Waals surface area contributed by atoms with Gasteiger partial charge in [0, 0.05) is 12.0 Å². The summed E-state index contributed by atoms with van der Waals surface area (Å²) in [7, 11) is 0. The highest BCUT2D eigenvalue weighted by atomic mass is 19.4. The lowest BCUT2D eigenvalue weighted by atomic mass is 9.86. The topological polar surface area (TPSA) is 12.0 Å². The number of nitrogens with one attached hydrogen (secondary N) is 1. The third-order valence-electron chi connectivity index (χ3n) is 3.80. The monoisotopic (exact) mass is 289 g/mol. The number of hydrogen-bond acceptors (Lipinski definition) is 1. The highest BCUT2D eigenvalue weighted by Crippen LogP contribution is 2.36. The van der Waals surface area contributed by atoms with Crippen LogP contribution in [0.15, 0.2) is 18.2 Å². The summed E-state index contributed by atoms with van der Waals surface area (Å²) in [4.78, 5) is 0. The van der Waals surface area contributed by atoms with Gasteiger partial charge in [0.2, 0.25) is 0 Å². The molecule has 1 aliphatic heterocycles. The fourth-order valence-corrected chi connectivity index (χ4v) is 2.91. The quantitative estimate of drug-likeness (QED) is 0.816. The molecule has 2 unspecified atom stereocenters. The second kappa shape index (κ2) is 5.72. The summed E-state index contributed by atoms with van der Waals surface area (Å²) in [5.74, 6) is -0.706. The van der Waals surface area contributed by atoms with Crippen LogP contribution < -0.4 is 5.32 Å². The van der Waals surface area contributed by atoms with Gasteiger partial charge in [-0.2, -0.15) is 13.2 Å². The van der Waals surface area contributed by atoms with Crippen LogP contribution in [0.4, 0.5) is 17.6 Å². The zero-order valence-electron chi connectivity index (χ0n) is 11.6. The average molecular weight is 289 g/mol. The summed E-state index contributed by atoms with van der Waals surface area (Å²) in [5, 5.41) is 3.33. The number of hydrogen-bond donors (Lipinski definition) is 1. The van der Waals surface area contributed by atoms with Crippen LogP contribution >= 0.6 is 0 Å². The van der Waals surface area contributed by atoms with E-state index in [-0.39, 0.29) is 12.0 Å². The predicted molar refractivity (Wildman–Crippen MR) is 70.0 cm³/mol. The van der Waals surface area contributed by atoms with E-state index >= 15 is 0 Å². The normalized spacial score (nSPS) is 23.6. The molecular formula is C15H19F4N. The minimum Gasteiger partial charge on any atom is -0.313 e. The molecule has 1 aromatic rings. The van der Waals surface area contributed by atoms with Crippen molar-refractivity contribution in [3.05, 3.63) is 35.1 Å². The number of rotatable bonds is 3. The molecule has 112 valence electrons. The maximum absolute atomic E-state index is 13.3. The molecule has 0 amide bonds. The molecule has 1 aliphatic rings. The van der Waals surface area contributed by atoms with Gasteiger partial charge >= 0.3 is 6.18 Å². The SMILES string of the molecule is CC(C)CC1NCCC1c1ccc(F)c(C(F)(F)F)c1. The highest BCUT2D eigenvalue weighted by molar-refractivity contribution is 5.31. The molecule has 1 aromatic carbocycles. The van der Waals surface area contributed by atoms with Crippen LogP contribution in [0.25, 0.3) is 0 Å². The van der Waals surface area contributed by atoms with Gasteiger partial charge in [0.15, 0.2) is 0 Å². The Morgan fingerprint density at radius 3 is 2.60 bits per heavy atom. The van der Waals surface area contributed by atoms with Crippen LogP contribution in [-0.4, -0.2) is 12.6 Å². The molecule has 0 radical (unpaired) electrons. The lowest BCUT2D eigenvalue weighted by Crippen LogP contribution is -2.27. The molecule has 0 bridgehead atoms. The van der Waals surface area contributed by atoms with E-state index < -0.39 is 17.6 Å². The Morgan fingerprint density at radius 2 is 2.00 bits per heavy atom. The van der Waals surface area contributed by atoms with Crippen LogP contribution in [-0.2, 0) is 6.18 Å². The maximum atomic E-state index is 13.3. The molecule has 2 rings (SSSR count). The van der Waals surface area contributed by atoms with Crippen LogP contribution in [0.2, 0.25) is 0 Å². The Bertz CT molecular complexity index is 467. The molecule has 1 saturated heterocycles. The fourth-order valence-electron chi connectivity index (χ4n) is 2.91. The summed E-state index contributed by atoms with van der Waals surface area (Å²) in [6, 6.07) is 3.56. The van der Waals surface area contributed by atoms with Crippen molar-refractivity contribution in [3.8, 4) is 0 Å². The third kappa shape index (κ3) is 3.32. The van der Waals surface area contributed by atoms with Gasteiger partial charge in [0.25, 0.3) is 0 Å². The zero-order valence-corrected chi connectivity index (χ0v) is 11.6. The average Bonchev–Trinajstić information content (AvgIpc) is 2.75. The zero-order chi connectivity index (χ0) is 14.9. The summed E-state index contributed by atoms with van der Waals surface area (Å²) in [5.41, 5.74) is -0.584. The standard InChI is InChI=1S/C15H19F4N/c1-9(2)7-14-11(5-6-20-14)10-3-4-13(16)12(8-10)15(17,18)19/h3-4,8-9,11,14,20H,5-7H2,1-2H3. The van der Waals surface area contributed by atoms with Crippen LogP contribution in [0.1, 0.15) is 43.7 Å². The summed E-state index contributed by atoms with van der Waals surface area (Å²) >= 11 is 0. The number of benzene rings is 1. The Hall–Kier alpha value is -1.10. The highest BCUT2D eigenvalue weighted by Gasteiger charge is 2.36. The van der Waals surface area contributed by atoms with Crippen molar-refractivity contribution in [2.75, 3.05) is 6.54 Å². The van der Waals surface area contributed by atoms with Gasteiger partial charge in [0.05, 0.1) is 5.56 Å². The van der Waals surface area contributed by atoms with Gasteiger partial charge in [0.1, 0.15) is 5.82 Å². The molecule has 1 nitrogen and oxygen atoms in total. The molecule has 0 aromatic heterocycles. The van der Waals surface area contributed by atoms with Crippen LogP contribution in [0, 0.1) is 11.7 Å². The first-order chi connectivity index (χ1) is 9.29. The molecule has 0 saturated carbocycles. The van der Waals surface area contributed by atoms with Crippen LogP contribution in [0.3, 0.4) is 0 Å². The van der Waals surface area contributed by atoms with Gasteiger partial charge in [-0.25, -0.2) is 4.39 Å². The first-order valence-corrected chi connectivity index (χ1v) is 6.89. The summed E-state index contributed by atoms with van der Waals surface area (Å²) in [6.45, 7) is 4.96. The maximum Gasteiger partial charge on any atom is 0.419 e. The van der Waals surface area contributed by atoms with Crippen molar-refractivity contribution < 1.29 is 17.6 Å². The van der Waals surface area contributed by atoms with Gasteiger partial charge in [-0.15, -0.1) is 0 Å². The first-order valence-electron chi connectivity index (χ1n) is 6.89. The molecule has 1 fully saturated rings. The van der Waals surface area contributed by atoms with E-state index in [0.29, 0.717) is 11.5 Å². The van der Waals surface area contributed by atoms with Crippen LogP contribution in [0.5, 0.6) is 0 Å². The lowest BCUT2D eigenvalue weighted by molar-refractivity contribution is -0.140. The van der Waals surface area contributed by atoms with E-state index in [9.17, 15) is 17.6 Å². The van der Waals surface area contributed by atoms with Crippen molar-refractivity contribution in [3.63, 3.8) is 0 Å². The fraction of sp³-hybridized carbons (Fsp3) is 0.600. The Labute approximate surface area is 116 Å². The third-order valence-corrected chi connectivity index (χ3v) is 3.80. The largest absolute Gasteiger partial charge is 0.419 e. The minimum atomic E-state index is -4.64. The Morgan fingerprint density at radius 1 is 1.30 bits per heavy atom. The first kappa shape index (κ1) is 15.3. The van der Waals surface area contributed by atoms with E-state index in [1.165, 1.54) is 6.07 Å². The molecule has 5 heteroatoms. The molecule has 0 spiro atoms. The van der Waals surface area contributed by atoms with Gasteiger partial charge in [-0.3, -0.25) is 0 Å². The predicted octanol–water partition coefficient (Wildman–Crippen LogP) is 4.34. The second-order valence-electron chi connectivity index (χ2n) is 5.82. The van der Waals surface area contributed by atoms with E-state index in [4.69, 9.17) is 0 Å². The molecule has 0 aliphatic carbocycles. The van der Waals surface area contributed by atoms with E-state index in [2.05, 4.69) is 19.2 Å². The van der Waals surface area contributed by atoms with Crippen molar-refractivity contribution in [2.45, 2.75) is 44.8 Å². The van der Waals surface area contributed by atoms with E-state index in [1.54, 1.807) is 0 Å². The second-order valence-corrected chi connectivity index (χ2v) is 5.82. The Balaban J connectivity index is 2.28. The molecule has 2 atom stereocenters. The van der Waals surface area contributed by atoms with Crippen molar-refractivity contribution in [2.24, 2.45) is 5.92 Å². The van der Waals surface area contributed by atoms with Crippen molar-refractivity contribution in [1.82, 2.24) is 5.32 Å². The summed E-state index contributed by atoms with van der Waals surface area (Å²) < 4.78 is 51.6. The van der Waals surface area contributed by atoms with Gasteiger partial charge < -0.3 is 5.32 Å². The smallest absolute Gasteiger partial charge is 0.313 e. The molecule has 20 heavy (non-hydrogen) atoms. The molecule has 1 N–H and O–H groups in total. The Kier molecular flexibility index (Phi) is 4.37. The minimum absolute atomic E-state index is 0.0269. The summed E-state index contributed by atoms with van der Waals surface area (Å²) in [6.07, 6.45) is -2.94. The number of halogens is 4. The van der Waals surface area contributed by atoms with Gasteiger partial charge in [-0.1, -0.05) is 19.9 Å². The number of alkyl halides is 3. The lowest BCUT2D eigenvalue weighted by Gasteiger charge is -2.22. The van der Waals surface area contributed by atoms with E-state index in [1.807, 2.05) is 0 Å². The molecular weight excluding hydrogens is 270 g/mol. The van der Waals surface area contributed by atoms with Gasteiger partial charge in [-0.05, 0) is 43.0 Å². The molecule has 1 heterocycles. The van der Waals surface area contributed by atoms with Crippen molar-refractivity contribution in [1.29, 1.82) is 0 Å². The van der Waals surface area contributed by atoms with E-state index in [0.717, 1.165) is 31.5 Å². The van der Waals surface area contributed by atoms with Crippen molar-refractivity contribution >= 4 is 0 Å².